The summed E-state index contributed by atoms with van der Waals surface area (Å²) in [6, 6.07) is 1.32. The molecule has 1 aromatic heterocycles. The van der Waals surface area contributed by atoms with Gasteiger partial charge in [-0.2, -0.15) is 0 Å². The molecule has 0 aromatic carbocycles. The highest BCUT2D eigenvalue weighted by Gasteiger charge is 2.30. The fourth-order valence-electron chi connectivity index (χ4n) is 2.27. The van der Waals surface area contributed by atoms with Gasteiger partial charge < -0.3 is 10.6 Å². The van der Waals surface area contributed by atoms with Crippen molar-refractivity contribution in [1.29, 1.82) is 0 Å². The molecule has 1 saturated heterocycles. The van der Waals surface area contributed by atoms with E-state index in [-0.39, 0.29) is 23.3 Å². The molecule has 0 bridgehead atoms. The zero-order valence-corrected chi connectivity index (χ0v) is 11.8. The first-order chi connectivity index (χ1) is 9.40. The molecule has 2 heterocycles. The molecule has 7 nitrogen and oxygen atoms in total. The normalized spacial score (nSPS) is 16.1. The second kappa shape index (κ2) is 5.58. The molecule has 1 aliphatic rings. The molecule has 1 aliphatic heterocycles. The van der Waals surface area contributed by atoms with E-state index in [0.29, 0.717) is 35.8 Å². The standard InChI is InChI=1S/C12H15N3O4S/c1-7(16)10-6-9(15(18)19)12(20-10)14-4-2-8(3-5-14)11(13)17/h6,8H,2-5H2,1H3,(H2,13,17). The molecule has 0 spiro atoms. The molecule has 0 atom stereocenters. The fraction of sp³-hybridized carbons (Fsp3) is 0.500. The predicted molar refractivity (Wildman–Crippen MR) is 75.1 cm³/mol. The largest absolute Gasteiger partial charge is 0.369 e. The molecule has 8 heteroatoms. The lowest BCUT2D eigenvalue weighted by molar-refractivity contribution is -0.383. The van der Waals surface area contributed by atoms with Gasteiger partial charge in [0.2, 0.25) is 5.91 Å². The Kier molecular flexibility index (Phi) is 4.03. The third-order valence-corrected chi connectivity index (χ3v) is 4.71. The van der Waals surface area contributed by atoms with Gasteiger partial charge in [-0.3, -0.25) is 19.7 Å². The van der Waals surface area contributed by atoms with Crippen LogP contribution in [-0.2, 0) is 4.79 Å². The second-order valence-electron chi connectivity index (χ2n) is 4.78. The number of ketones is 1. The van der Waals surface area contributed by atoms with Crippen LogP contribution in [0.1, 0.15) is 29.4 Å². The molecular formula is C12H15N3O4S. The molecule has 0 aliphatic carbocycles. The minimum absolute atomic E-state index is 0.0438. The van der Waals surface area contributed by atoms with Crippen molar-refractivity contribution in [1.82, 2.24) is 0 Å². The Hall–Kier alpha value is -1.96. The Morgan fingerprint density at radius 3 is 2.50 bits per heavy atom. The summed E-state index contributed by atoms with van der Waals surface area (Å²) in [6.07, 6.45) is 1.17. The number of nitrogens with zero attached hydrogens (tertiary/aromatic N) is 2. The average molecular weight is 297 g/mol. The number of thiophene rings is 1. The van der Waals surface area contributed by atoms with Crippen LogP contribution in [-0.4, -0.2) is 29.7 Å². The number of primary amides is 1. The SMILES string of the molecule is CC(=O)c1cc([N+](=O)[O-])c(N2CCC(C(N)=O)CC2)s1. The van der Waals surface area contributed by atoms with E-state index in [1.807, 2.05) is 4.90 Å². The highest BCUT2D eigenvalue weighted by atomic mass is 32.1. The number of rotatable bonds is 4. The van der Waals surface area contributed by atoms with Gasteiger partial charge >= 0.3 is 5.69 Å². The summed E-state index contributed by atoms with van der Waals surface area (Å²) in [5, 5.41) is 11.6. The molecule has 0 unspecified atom stereocenters. The molecule has 1 amide bonds. The lowest BCUT2D eigenvalue weighted by Crippen LogP contribution is -2.38. The Bertz CT molecular complexity index is 561. The third kappa shape index (κ3) is 2.79. The van der Waals surface area contributed by atoms with Crippen LogP contribution in [0.3, 0.4) is 0 Å². The van der Waals surface area contributed by atoms with Gasteiger partial charge in [-0.05, 0) is 19.8 Å². The lowest BCUT2D eigenvalue weighted by atomic mass is 9.96. The maximum absolute atomic E-state index is 11.4. The summed E-state index contributed by atoms with van der Waals surface area (Å²) < 4.78 is 0. The summed E-state index contributed by atoms with van der Waals surface area (Å²) >= 11 is 1.13. The highest BCUT2D eigenvalue weighted by Crippen LogP contribution is 2.39. The zero-order valence-electron chi connectivity index (χ0n) is 11.0. The number of Topliss-reactive ketones (excluding diaryl/α,β-unsaturated/α-hetero) is 1. The van der Waals surface area contributed by atoms with Crippen LogP contribution in [0, 0.1) is 16.0 Å². The maximum atomic E-state index is 11.4. The van der Waals surface area contributed by atoms with Gasteiger partial charge in [0, 0.05) is 25.1 Å². The second-order valence-corrected chi connectivity index (χ2v) is 5.81. The van der Waals surface area contributed by atoms with E-state index in [2.05, 4.69) is 0 Å². The van der Waals surface area contributed by atoms with Crippen LogP contribution in [0.4, 0.5) is 10.7 Å². The lowest BCUT2D eigenvalue weighted by Gasteiger charge is -2.30. The zero-order chi connectivity index (χ0) is 14.9. The number of hydrogen-bond donors (Lipinski definition) is 1. The maximum Gasteiger partial charge on any atom is 0.304 e. The molecule has 20 heavy (non-hydrogen) atoms. The van der Waals surface area contributed by atoms with Gasteiger partial charge in [0.15, 0.2) is 10.8 Å². The minimum Gasteiger partial charge on any atom is -0.369 e. The predicted octanol–water partition coefficient (Wildman–Crippen LogP) is 1.56. The number of hydrogen-bond acceptors (Lipinski definition) is 6. The number of carbonyl (C=O) groups is 2. The Balaban J connectivity index is 2.22. The van der Waals surface area contributed by atoms with Crippen molar-refractivity contribution in [3.8, 4) is 0 Å². The number of amides is 1. The van der Waals surface area contributed by atoms with Crippen LogP contribution in [0.25, 0.3) is 0 Å². The number of anilines is 1. The summed E-state index contributed by atoms with van der Waals surface area (Å²) in [4.78, 5) is 35.3. The van der Waals surface area contributed by atoms with Crippen molar-refractivity contribution >= 4 is 33.7 Å². The van der Waals surface area contributed by atoms with Crippen LogP contribution in [0.15, 0.2) is 6.07 Å². The van der Waals surface area contributed by atoms with Gasteiger partial charge in [0.1, 0.15) is 0 Å². The number of carbonyl (C=O) groups excluding carboxylic acids is 2. The summed E-state index contributed by atoms with van der Waals surface area (Å²) in [7, 11) is 0. The highest BCUT2D eigenvalue weighted by molar-refractivity contribution is 7.18. The van der Waals surface area contributed by atoms with Crippen molar-refractivity contribution in [3.05, 3.63) is 21.1 Å². The van der Waals surface area contributed by atoms with E-state index >= 15 is 0 Å². The van der Waals surface area contributed by atoms with E-state index in [1.165, 1.54) is 13.0 Å². The van der Waals surface area contributed by atoms with E-state index in [0.717, 1.165) is 11.3 Å². The molecule has 0 saturated carbocycles. The Labute approximate surface area is 119 Å². The van der Waals surface area contributed by atoms with Crippen molar-refractivity contribution in [3.63, 3.8) is 0 Å². The third-order valence-electron chi connectivity index (χ3n) is 3.42. The van der Waals surface area contributed by atoms with Crippen LogP contribution < -0.4 is 10.6 Å². The van der Waals surface area contributed by atoms with Crippen molar-refractivity contribution in [2.75, 3.05) is 18.0 Å². The van der Waals surface area contributed by atoms with Crippen molar-refractivity contribution in [2.45, 2.75) is 19.8 Å². The molecule has 0 radical (unpaired) electrons. The van der Waals surface area contributed by atoms with Crippen molar-refractivity contribution < 1.29 is 14.5 Å². The molecule has 1 aromatic rings. The van der Waals surface area contributed by atoms with Gasteiger partial charge in [0.05, 0.1) is 9.80 Å². The Morgan fingerprint density at radius 1 is 1.45 bits per heavy atom. The van der Waals surface area contributed by atoms with Gasteiger partial charge in [0.25, 0.3) is 0 Å². The summed E-state index contributed by atoms with van der Waals surface area (Å²) in [5.74, 6) is -0.677. The quantitative estimate of drug-likeness (QED) is 0.515. The molecular weight excluding hydrogens is 282 g/mol. The number of nitro groups is 1. The summed E-state index contributed by atoms with van der Waals surface area (Å²) in [6.45, 7) is 2.46. The fourth-order valence-corrected chi connectivity index (χ4v) is 3.34. The van der Waals surface area contributed by atoms with Gasteiger partial charge in [-0.25, -0.2) is 0 Å². The first-order valence-corrected chi connectivity index (χ1v) is 7.05. The van der Waals surface area contributed by atoms with Gasteiger partial charge in [-0.15, -0.1) is 11.3 Å². The Morgan fingerprint density at radius 2 is 2.05 bits per heavy atom. The topological polar surface area (TPSA) is 107 Å². The van der Waals surface area contributed by atoms with Crippen LogP contribution >= 0.6 is 11.3 Å². The monoisotopic (exact) mass is 297 g/mol. The van der Waals surface area contributed by atoms with Crippen molar-refractivity contribution in [2.24, 2.45) is 11.7 Å². The van der Waals surface area contributed by atoms with Crippen LogP contribution in [0.5, 0.6) is 0 Å². The smallest absolute Gasteiger partial charge is 0.304 e. The van der Waals surface area contributed by atoms with Crippen LogP contribution in [0.2, 0.25) is 0 Å². The van der Waals surface area contributed by atoms with Gasteiger partial charge in [-0.1, -0.05) is 0 Å². The number of piperidine rings is 1. The molecule has 108 valence electrons. The number of nitrogens with two attached hydrogens (primary N) is 1. The minimum atomic E-state index is -0.474. The molecule has 1 fully saturated rings. The average Bonchev–Trinajstić information content (AvgIpc) is 2.84. The summed E-state index contributed by atoms with van der Waals surface area (Å²) in [5.41, 5.74) is 5.22. The molecule has 2 N–H and O–H groups in total. The van der Waals surface area contributed by atoms with E-state index in [1.54, 1.807) is 0 Å². The first-order valence-electron chi connectivity index (χ1n) is 6.23. The van der Waals surface area contributed by atoms with E-state index < -0.39 is 4.92 Å². The van der Waals surface area contributed by atoms with E-state index in [4.69, 9.17) is 5.73 Å². The first kappa shape index (κ1) is 14.4. The van der Waals surface area contributed by atoms with E-state index in [9.17, 15) is 19.7 Å². The molecule has 2 rings (SSSR count).